The molecule has 13 nitrogen and oxygen atoms in total. The van der Waals surface area contributed by atoms with E-state index in [1.165, 1.54) is 0 Å². The lowest BCUT2D eigenvalue weighted by atomic mass is 10.1. The van der Waals surface area contributed by atoms with Crippen molar-refractivity contribution in [1.29, 1.82) is 0 Å². The van der Waals surface area contributed by atoms with Gasteiger partial charge < -0.3 is 53.9 Å². The molecule has 31 heavy (non-hydrogen) atoms. The fourth-order valence-electron chi connectivity index (χ4n) is 1.79. The Morgan fingerprint density at radius 3 is 1.48 bits per heavy atom. The van der Waals surface area contributed by atoms with Gasteiger partial charge in [-0.15, -0.1) is 0 Å². The summed E-state index contributed by atoms with van der Waals surface area (Å²) in [6.45, 7) is 0.749. The van der Waals surface area contributed by atoms with Crippen molar-refractivity contribution in [3.8, 4) is 0 Å². The molecule has 0 saturated heterocycles. The standard InChI is InChI=1S/C6H14N2O3.C6H14N2O2.C6H11NO3/c7-3-4(9)1-2-5(8)6(10)11;7-4-2-1-3-5(8)6(9)10;7-5(6(9)10)3-1-2-4-8/h4-5,9H,1-3,7-8H2,(H,10,11);5H,1-4,7-8H2,(H,9,10);4-5H,1-3,7H2,(H,9,10)/t4-,5+;2*5-/m100/s1. The van der Waals surface area contributed by atoms with Crippen LogP contribution in [0.3, 0.4) is 0 Å². The Balaban J connectivity index is -0.000000380. The number of aliphatic carboxylic acids is 3. The number of hydrogen-bond acceptors (Lipinski definition) is 10. The number of carbonyl (C=O) groups is 4. The third-order valence-electron chi connectivity index (χ3n) is 3.84. The molecule has 0 aliphatic carbocycles. The third-order valence-corrected chi connectivity index (χ3v) is 3.84. The second-order valence-corrected chi connectivity index (χ2v) is 6.68. The molecule has 14 N–H and O–H groups in total. The van der Waals surface area contributed by atoms with Crippen molar-refractivity contribution in [3.63, 3.8) is 0 Å². The monoisotopic (exact) mass is 453 g/mol. The van der Waals surface area contributed by atoms with Crippen LogP contribution in [0.15, 0.2) is 0 Å². The zero-order valence-corrected chi connectivity index (χ0v) is 17.8. The minimum atomic E-state index is -1.05. The number of hydrogen-bond donors (Lipinski definition) is 9. The van der Waals surface area contributed by atoms with Crippen LogP contribution in [0, 0.1) is 0 Å². The smallest absolute Gasteiger partial charge is 0.320 e. The maximum Gasteiger partial charge on any atom is 0.320 e. The Morgan fingerprint density at radius 1 is 0.710 bits per heavy atom. The molecule has 0 spiro atoms. The molecule has 0 heterocycles. The zero-order valence-electron chi connectivity index (χ0n) is 17.8. The maximum atomic E-state index is 10.2. The van der Waals surface area contributed by atoms with E-state index < -0.39 is 42.1 Å². The van der Waals surface area contributed by atoms with E-state index in [-0.39, 0.29) is 13.0 Å². The van der Waals surface area contributed by atoms with E-state index in [0.29, 0.717) is 38.6 Å². The molecule has 0 aromatic rings. The number of unbranched alkanes of at least 4 members (excludes halogenated alkanes) is 2. The van der Waals surface area contributed by atoms with Crippen molar-refractivity contribution in [2.75, 3.05) is 13.1 Å². The van der Waals surface area contributed by atoms with Crippen LogP contribution < -0.4 is 28.7 Å². The largest absolute Gasteiger partial charge is 0.480 e. The number of aldehydes is 1. The van der Waals surface area contributed by atoms with Crippen molar-refractivity contribution in [1.82, 2.24) is 0 Å². The first-order chi connectivity index (χ1) is 14.4. The molecule has 4 atom stereocenters. The predicted molar refractivity (Wildman–Crippen MR) is 114 cm³/mol. The van der Waals surface area contributed by atoms with Crippen LogP contribution in [0.1, 0.15) is 51.4 Å². The van der Waals surface area contributed by atoms with E-state index in [2.05, 4.69) is 0 Å². The first-order valence-electron chi connectivity index (χ1n) is 9.91. The van der Waals surface area contributed by atoms with E-state index in [1.807, 2.05) is 0 Å². The van der Waals surface area contributed by atoms with Crippen LogP contribution in [-0.2, 0) is 19.2 Å². The summed E-state index contributed by atoms with van der Waals surface area (Å²) < 4.78 is 0. The van der Waals surface area contributed by atoms with Gasteiger partial charge in [0.2, 0.25) is 0 Å². The number of nitrogens with two attached hydrogens (primary N) is 5. The van der Waals surface area contributed by atoms with Gasteiger partial charge in [0.15, 0.2) is 0 Å². The molecule has 13 heteroatoms. The van der Waals surface area contributed by atoms with Crippen LogP contribution in [0.5, 0.6) is 0 Å². The number of aliphatic hydroxyl groups is 1. The molecule has 0 aliphatic rings. The number of carboxylic acid groups (broad SMARTS) is 3. The molecular weight excluding hydrogens is 414 g/mol. The van der Waals surface area contributed by atoms with E-state index in [0.717, 1.165) is 19.1 Å². The Kier molecular flexibility index (Phi) is 24.3. The van der Waals surface area contributed by atoms with E-state index in [4.69, 9.17) is 49.1 Å². The molecule has 184 valence electrons. The molecular formula is C18H39N5O8. The SMILES string of the molecule is NCCCC[C@H](N)C(=O)O.NC[C@H](O)CC[C@H](N)C(=O)O.N[C@@H](CCCC=O)C(=O)O. The molecule has 0 bridgehead atoms. The number of carboxylic acids is 3. The van der Waals surface area contributed by atoms with Crippen LogP contribution in [0.25, 0.3) is 0 Å². The lowest BCUT2D eigenvalue weighted by molar-refractivity contribution is -0.139. The van der Waals surface area contributed by atoms with Crippen molar-refractivity contribution in [3.05, 3.63) is 0 Å². The van der Waals surface area contributed by atoms with Gasteiger partial charge in [0.25, 0.3) is 0 Å². The average Bonchev–Trinajstić information content (AvgIpc) is 2.72. The van der Waals surface area contributed by atoms with Gasteiger partial charge in [0.05, 0.1) is 6.10 Å². The Labute approximate surface area is 181 Å². The van der Waals surface area contributed by atoms with Gasteiger partial charge in [0, 0.05) is 13.0 Å². The van der Waals surface area contributed by atoms with E-state index in [1.54, 1.807) is 0 Å². The highest BCUT2D eigenvalue weighted by Crippen LogP contribution is 1.99. The minimum Gasteiger partial charge on any atom is -0.480 e. The minimum absolute atomic E-state index is 0.145. The molecule has 0 aromatic heterocycles. The van der Waals surface area contributed by atoms with Crippen molar-refractivity contribution in [2.45, 2.75) is 75.6 Å². The molecule has 0 fully saturated rings. The lowest BCUT2D eigenvalue weighted by Crippen LogP contribution is -2.32. The average molecular weight is 454 g/mol. The summed E-state index contributed by atoms with van der Waals surface area (Å²) >= 11 is 0. The zero-order chi connectivity index (χ0) is 24.8. The molecule has 0 saturated carbocycles. The third kappa shape index (κ3) is 25.8. The van der Waals surface area contributed by atoms with Gasteiger partial charge in [-0.05, 0) is 45.1 Å². The topological polar surface area (TPSA) is 279 Å². The first kappa shape index (κ1) is 33.5. The Hall–Kier alpha value is -2.16. The molecule has 0 rings (SSSR count). The predicted octanol–water partition coefficient (Wildman–Crippen LogP) is -2.21. The summed E-state index contributed by atoms with van der Waals surface area (Å²) in [7, 11) is 0. The summed E-state index contributed by atoms with van der Waals surface area (Å²) in [6.07, 6.45) is 4.19. The van der Waals surface area contributed by atoms with Gasteiger partial charge >= 0.3 is 17.9 Å². The van der Waals surface area contributed by atoms with Gasteiger partial charge in [-0.1, -0.05) is 6.42 Å². The van der Waals surface area contributed by atoms with Crippen LogP contribution in [-0.4, -0.2) is 81.9 Å². The molecule has 0 amide bonds. The lowest BCUT2D eigenvalue weighted by Gasteiger charge is -2.09. The number of aliphatic hydroxyl groups excluding tert-OH is 1. The summed E-state index contributed by atoms with van der Waals surface area (Å²) in [6, 6.07) is -2.43. The Bertz CT molecular complexity index is 496. The highest BCUT2D eigenvalue weighted by atomic mass is 16.4. The quantitative estimate of drug-likeness (QED) is 0.0940. The van der Waals surface area contributed by atoms with Crippen molar-refractivity contribution < 1.29 is 39.6 Å². The van der Waals surface area contributed by atoms with E-state index >= 15 is 0 Å². The summed E-state index contributed by atoms with van der Waals surface area (Å²) in [5, 5.41) is 33.8. The second-order valence-electron chi connectivity index (χ2n) is 6.68. The molecule has 0 aromatic carbocycles. The highest BCUT2D eigenvalue weighted by molar-refractivity contribution is 5.73. The van der Waals surface area contributed by atoms with Gasteiger partial charge in [-0.2, -0.15) is 0 Å². The highest BCUT2D eigenvalue weighted by Gasteiger charge is 2.13. The number of rotatable bonds is 15. The van der Waals surface area contributed by atoms with Gasteiger partial charge in [-0.3, -0.25) is 14.4 Å². The van der Waals surface area contributed by atoms with Gasteiger partial charge in [-0.25, -0.2) is 0 Å². The molecule has 0 aliphatic heterocycles. The van der Waals surface area contributed by atoms with E-state index in [9.17, 15) is 19.2 Å². The summed E-state index contributed by atoms with van der Waals surface area (Å²) in [5.41, 5.74) is 25.8. The second kappa shape index (κ2) is 22.5. The molecule has 0 radical (unpaired) electrons. The van der Waals surface area contributed by atoms with Crippen LogP contribution in [0.2, 0.25) is 0 Å². The van der Waals surface area contributed by atoms with Gasteiger partial charge in [0.1, 0.15) is 24.4 Å². The fourth-order valence-corrected chi connectivity index (χ4v) is 1.79. The van der Waals surface area contributed by atoms with Crippen LogP contribution in [0.4, 0.5) is 0 Å². The fraction of sp³-hybridized carbons (Fsp3) is 0.778. The molecule has 0 unspecified atom stereocenters. The maximum absolute atomic E-state index is 10.2. The Morgan fingerprint density at radius 2 is 1.13 bits per heavy atom. The van der Waals surface area contributed by atoms with Crippen LogP contribution >= 0.6 is 0 Å². The van der Waals surface area contributed by atoms with Crippen molar-refractivity contribution >= 4 is 24.2 Å². The normalized spacial score (nSPS) is 13.9. The summed E-state index contributed by atoms with van der Waals surface area (Å²) in [5.74, 6) is -2.99. The first-order valence-corrected chi connectivity index (χ1v) is 9.91. The summed E-state index contributed by atoms with van der Waals surface area (Å²) in [4.78, 5) is 40.1. The number of carbonyl (C=O) groups excluding carboxylic acids is 1. The van der Waals surface area contributed by atoms with Crippen molar-refractivity contribution in [2.24, 2.45) is 28.7 Å².